The van der Waals surface area contributed by atoms with Crippen molar-refractivity contribution in [3.63, 3.8) is 0 Å². The predicted octanol–water partition coefficient (Wildman–Crippen LogP) is 3.82. The highest BCUT2D eigenvalue weighted by Crippen LogP contribution is 2.22. The maximum atomic E-state index is 13.9. The van der Waals surface area contributed by atoms with Crippen LogP contribution in [0, 0.1) is 11.6 Å². The van der Waals surface area contributed by atoms with Gasteiger partial charge in [0.05, 0.1) is 7.11 Å². The van der Waals surface area contributed by atoms with E-state index >= 15 is 0 Å². The van der Waals surface area contributed by atoms with Gasteiger partial charge in [0.25, 0.3) is 0 Å². The van der Waals surface area contributed by atoms with Crippen LogP contribution in [0.4, 0.5) is 8.78 Å². The Bertz CT molecular complexity index is 586. The van der Waals surface area contributed by atoms with Gasteiger partial charge in [0.1, 0.15) is 17.4 Å². The summed E-state index contributed by atoms with van der Waals surface area (Å²) < 4.78 is 31.9. The number of ether oxygens (including phenoxy) is 1. The Hall–Kier alpha value is -1.94. The van der Waals surface area contributed by atoms with Gasteiger partial charge in [-0.05, 0) is 30.7 Å². The van der Waals surface area contributed by atoms with Crippen molar-refractivity contribution in [1.82, 2.24) is 5.32 Å². The average molecular weight is 277 g/mol. The van der Waals surface area contributed by atoms with Crippen LogP contribution in [0.3, 0.4) is 0 Å². The summed E-state index contributed by atoms with van der Waals surface area (Å²) in [6, 6.07) is 10.9. The molecule has 0 spiro atoms. The maximum absolute atomic E-state index is 13.9. The Morgan fingerprint density at radius 3 is 2.60 bits per heavy atom. The zero-order valence-corrected chi connectivity index (χ0v) is 11.5. The van der Waals surface area contributed by atoms with Crippen molar-refractivity contribution >= 4 is 0 Å². The third-order valence-corrected chi connectivity index (χ3v) is 3.18. The van der Waals surface area contributed by atoms with Gasteiger partial charge in [0.15, 0.2) is 0 Å². The average Bonchev–Trinajstić information content (AvgIpc) is 2.44. The van der Waals surface area contributed by atoms with E-state index in [9.17, 15) is 8.78 Å². The number of hydrogen-bond acceptors (Lipinski definition) is 2. The molecule has 0 aliphatic heterocycles. The normalized spacial score (nSPS) is 12.2. The molecule has 0 heterocycles. The summed E-state index contributed by atoms with van der Waals surface area (Å²) in [6.45, 7) is 2.34. The summed E-state index contributed by atoms with van der Waals surface area (Å²) in [7, 11) is 1.50. The van der Waals surface area contributed by atoms with Crippen LogP contribution < -0.4 is 10.1 Å². The van der Waals surface area contributed by atoms with Gasteiger partial charge in [-0.25, -0.2) is 8.78 Å². The van der Waals surface area contributed by atoms with E-state index in [1.54, 1.807) is 18.2 Å². The molecule has 1 atom stereocenters. The molecule has 0 amide bonds. The van der Waals surface area contributed by atoms with Crippen LogP contribution in [0.1, 0.15) is 24.1 Å². The molecule has 0 aliphatic carbocycles. The van der Waals surface area contributed by atoms with Crippen molar-refractivity contribution in [3.05, 3.63) is 65.2 Å². The SMILES string of the molecule is COc1ccc(C(C)NCc2cccc(F)c2)c(F)c1. The Kier molecular flexibility index (Phi) is 4.69. The highest BCUT2D eigenvalue weighted by molar-refractivity contribution is 5.30. The first kappa shape index (κ1) is 14.5. The van der Waals surface area contributed by atoms with E-state index in [2.05, 4.69) is 5.32 Å². The molecule has 1 unspecified atom stereocenters. The highest BCUT2D eigenvalue weighted by Gasteiger charge is 2.11. The minimum absolute atomic E-state index is 0.177. The summed E-state index contributed by atoms with van der Waals surface area (Å²) in [5.41, 5.74) is 1.38. The molecule has 1 N–H and O–H groups in total. The molecule has 0 radical (unpaired) electrons. The molecule has 0 fully saturated rings. The third kappa shape index (κ3) is 3.54. The molecule has 2 rings (SSSR count). The lowest BCUT2D eigenvalue weighted by Gasteiger charge is -2.15. The molecule has 0 bridgehead atoms. The number of methoxy groups -OCH3 is 1. The Balaban J connectivity index is 2.03. The number of nitrogens with one attached hydrogen (secondary N) is 1. The van der Waals surface area contributed by atoms with Crippen LogP contribution in [-0.2, 0) is 6.54 Å². The van der Waals surface area contributed by atoms with Crippen LogP contribution in [0.2, 0.25) is 0 Å². The molecule has 2 nitrogen and oxygen atoms in total. The van der Waals surface area contributed by atoms with Crippen molar-refractivity contribution in [2.24, 2.45) is 0 Å². The van der Waals surface area contributed by atoms with E-state index in [1.165, 1.54) is 25.3 Å². The summed E-state index contributed by atoms with van der Waals surface area (Å²) in [6.07, 6.45) is 0. The monoisotopic (exact) mass is 277 g/mol. The molecule has 2 aromatic carbocycles. The van der Waals surface area contributed by atoms with Crippen LogP contribution in [0.15, 0.2) is 42.5 Å². The Labute approximate surface area is 117 Å². The molecule has 4 heteroatoms. The zero-order valence-electron chi connectivity index (χ0n) is 11.5. The molecule has 0 saturated heterocycles. The molecule has 0 aliphatic rings. The Morgan fingerprint density at radius 2 is 1.95 bits per heavy atom. The summed E-state index contributed by atoms with van der Waals surface area (Å²) >= 11 is 0. The largest absolute Gasteiger partial charge is 0.497 e. The second kappa shape index (κ2) is 6.48. The van der Waals surface area contributed by atoms with Gasteiger partial charge in [-0.1, -0.05) is 18.2 Å². The molecule has 0 saturated carbocycles. The molecular weight excluding hydrogens is 260 g/mol. The summed E-state index contributed by atoms with van der Waals surface area (Å²) in [5.74, 6) is -0.0975. The van der Waals surface area contributed by atoms with E-state index in [4.69, 9.17) is 4.74 Å². The Morgan fingerprint density at radius 1 is 1.15 bits per heavy atom. The standard InChI is InChI=1S/C16H17F2NO/c1-11(15-7-6-14(20-2)9-16(15)18)19-10-12-4-3-5-13(17)8-12/h3-9,11,19H,10H2,1-2H3. The van der Waals surface area contributed by atoms with Gasteiger partial charge in [0, 0.05) is 24.2 Å². The first-order valence-corrected chi connectivity index (χ1v) is 6.41. The van der Waals surface area contributed by atoms with E-state index in [1.807, 2.05) is 13.0 Å². The maximum Gasteiger partial charge on any atom is 0.131 e. The van der Waals surface area contributed by atoms with Gasteiger partial charge in [0.2, 0.25) is 0 Å². The quantitative estimate of drug-likeness (QED) is 0.897. The third-order valence-electron chi connectivity index (χ3n) is 3.18. The molecule has 2 aromatic rings. The van der Waals surface area contributed by atoms with Crippen molar-refractivity contribution in [2.45, 2.75) is 19.5 Å². The number of halogens is 2. The second-order valence-corrected chi connectivity index (χ2v) is 4.62. The van der Waals surface area contributed by atoms with Gasteiger partial charge >= 0.3 is 0 Å². The lowest BCUT2D eigenvalue weighted by Crippen LogP contribution is -2.19. The van der Waals surface area contributed by atoms with E-state index in [-0.39, 0.29) is 17.7 Å². The van der Waals surface area contributed by atoms with Crippen LogP contribution >= 0.6 is 0 Å². The van der Waals surface area contributed by atoms with E-state index in [0.29, 0.717) is 17.9 Å². The van der Waals surface area contributed by atoms with Crippen molar-refractivity contribution in [3.8, 4) is 5.75 Å². The highest BCUT2D eigenvalue weighted by atomic mass is 19.1. The zero-order chi connectivity index (χ0) is 14.5. The first-order valence-electron chi connectivity index (χ1n) is 6.41. The summed E-state index contributed by atoms with van der Waals surface area (Å²) in [4.78, 5) is 0. The molecule has 0 aromatic heterocycles. The topological polar surface area (TPSA) is 21.3 Å². The second-order valence-electron chi connectivity index (χ2n) is 4.62. The van der Waals surface area contributed by atoms with E-state index < -0.39 is 0 Å². The smallest absolute Gasteiger partial charge is 0.131 e. The lowest BCUT2D eigenvalue weighted by molar-refractivity contribution is 0.409. The first-order chi connectivity index (χ1) is 9.60. The van der Waals surface area contributed by atoms with Gasteiger partial charge in [-0.3, -0.25) is 0 Å². The van der Waals surface area contributed by atoms with Crippen molar-refractivity contribution in [1.29, 1.82) is 0 Å². The van der Waals surface area contributed by atoms with Gasteiger partial charge in [-0.15, -0.1) is 0 Å². The van der Waals surface area contributed by atoms with Crippen LogP contribution in [0.25, 0.3) is 0 Å². The minimum atomic E-state index is -0.316. The fourth-order valence-electron chi connectivity index (χ4n) is 2.01. The van der Waals surface area contributed by atoms with Gasteiger partial charge in [-0.2, -0.15) is 0 Å². The number of rotatable bonds is 5. The van der Waals surface area contributed by atoms with E-state index in [0.717, 1.165) is 5.56 Å². The number of benzene rings is 2. The van der Waals surface area contributed by atoms with Crippen molar-refractivity contribution < 1.29 is 13.5 Å². The predicted molar refractivity (Wildman–Crippen MR) is 74.6 cm³/mol. The van der Waals surface area contributed by atoms with Gasteiger partial charge < -0.3 is 10.1 Å². The lowest BCUT2D eigenvalue weighted by atomic mass is 10.1. The summed E-state index contributed by atoms with van der Waals surface area (Å²) in [5, 5.41) is 3.17. The fraction of sp³-hybridized carbons (Fsp3) is 0.250. The van der Waals surface area contributed by atoms with Crippen molar-refractivity contribution in [2.75, 3.05) is 7.11 Å². The van der Waals surface area contributed by atoms with Crippen LogP contribution in [0.5, 0.6) is 5.75 Å². The minimum Gasteiger partial charge on any atom is -0.497 e. The molecule has 106 valence electrons. The van der Waals surface area contributed by atoms with Crippen LogP contribution in [-0.4, -0.2) is 7.11 Å². The number of hydrogen-bond donors (Lipinski definition) is 1. The molecular formula is C16H17F2NO. The molecule has 20 heavy (non-hydrogen) atoms. The fourth-order valence-corrected chi connectivity index (χ4v) is 2.01.